The van der Waals surface area contributed by atoms with Gasteiger partial charge in [-0.3, -0.25) is 18.7 Å². The molecule has 154 valence electrons. The molecule has 2 heterocycles. The quantitative estimate of drug-likeness (QED) is 0.681. The zero-order chi connectivity index (χ0) is 21.1. The topological polar surface area (TPSA) is 126 Å². The van der Waals surface area contributed by atoms with Gasteiger partial charge >= 0.3 is 17.8 Å². The van der Waals surface area contributed by atoms with Crippen LogP contribution in [0.25, 0.3) is 11.2 Å². The first-order chi connectivity index (χ1) is 13.0. The van der Waals surface area contributed by atoms with Crippen LogP contribution in [0.2, 0.25) is 0 Å². The normalized spacial score (nSPS) is 11.5. The number of imidazole rings is 1. The summed E-state index contributed by atoms with van der Waals surface area (Å²) < 4.78 is 13.6. The van der Waals surface area contributed by atoms with E-state index in [9.17, 15) is 19.2 Å². The van der Waals surface area contributed by atoms with Crippen LogP contribution in [0.3, 0.4) is 0 Å². The average Bonchev–Trinajstić information content (AvgIpc) is 2.98. The summed E-state index contributed by atoms with van der Waals surface area (Å²) in [6.07, 6.45) is 0.690. The van der Waals surface area contributed by atoms with Crippen LogP contribution < -0.4 is 16.6 Å². The summed E-state index contributed by atoms with van der Waals surface area (Å²) in [6, 6.07) is 0. The Kier molecular flexibility index (Phi) is 6.26. The Balaban J connectivity index is 2.30. The highest BCUT2D eigenvalue weighted by Gasteiger charge is 2.19. The number of esters is 1. The molecule has 0 radical (unpaired) electrons. The number of nitrogens with one attached hydrogen (secondary N) is 1. The molecule has 0 spiro atoms. The van der Waals surface area contributed by atoms with Crippen LogP contribution in [0.4, 0.5) is 4.79 Å². The van der Waals surface area contributed by atoms with E-state index in [1.165, 1.54) is 22.5 Å². The number of alkyl carbamates (subject to hydrolysis) is 1. The Morgan fingerprint density at radius 2 is 1.93 bits per heavy atom. The molecular weight excluding hydrogens is 370 g/mol. The number of nitrogens with zero attached hydrogens (tertiary/aromatic N) is 4. The van der Waals surface area contributed by atoms with Gasteiger partial charge in [0.05, 0.1) is 12.9 Å². The molecule has 0 aliphatic heterocycles. The standard InChI is InChI=1S/C17H25N5O6/c1-6-27-11(23)9-21-10-19-13-12(21)14(24)20(5)16(26)22(13)8-7-18-15(25)28-17(2,3)4/h10H,6-9H2,1-5H3,(H,18,25). The van der Waals surface area contributed by atoms with Gasteiger partial charge in [-0.25, -0.2) is 14.6 Å². The van der Waals surface area contributed by atoms with Crippen molar-refractivity contribution < 1.29 is 19.1 Å². The van der Waals surface area contributed by atoms with Gasteiger partial charge in [-0.1, -0.05) is 0 Å². The van der Waals surface area contributed by atoms with Crippen LogP contribution in [-0.2, 0) is 34.4 Å². The number of ether oxygens (including phenoxy) is 2. The molecular formula is C17H25N5O6. The van der Waals surface area contributed by atoms with Crippen molar-refractivity contribution in [3.05, 3.63) is 27.2 Å². The predicted molar refractivity (Wildman–Crippen MR) is 100 cm³/mol. The van der Waals surface area contributed by atoms with Gasteiger partial charge in [0.1, 0.15) is 12.1 Å². The van der Waals surface area contributed by atoms with Crippen molar-refractivity contribution in [2.75, 3.05) is 13.2 Å². The molecule has 11 nitrogen and oxygen atoms in total. The predicted octanol–water partition coefficient (Wildman–Crippen LogP) is -0.0155. The van der Waals surface area contributed by atoms with Crippen molar-refractivity contribution in [1.29, 1.82) is 0 Å². The maximum Gasteiger partial charge on any atom is 0.407 e. The van der Waals surface area contributed by atoms with Crippen LogP contribution >= 0.6 is 0 Å². The number of carbonyl (C=O) groups excluding carboxylic acids is 2. The number of fused-ring (bicyclic) bond motifs is 1. The van der Waals surface area contributed by atoms with Crippen molar-refractivity contribution in [1.82, 2.24) is 24.0 Å². The summed E-state index contributed by atoms with van der Waals surface area (Å²) in [5.41, 5.74) is -1.56. The number of amides is 1. The lowest BCUT2D eigenvalue weighted by atomic mass is 10.2. The monoisotopic (exact) mass is 395 g/mol. The molecule has 0 aliphatic rings. The first-order valence-corrected chi connectivity index (χ1v) is 8.82. The Morgan fingerprint density at radius 1 is 1.25 bits per heavy atom. The van der Waals surface area contributed by atoms with Crippen LogP contribution in [0.5, 0.6) is 0 Å². The maximum atomic E-state index is 12.5. The van der Waals surface area contributed by atoms with Gasteiger partial charge in [0, 0.05) is 20.1 Å². The van der Waals surface area contributed by atoms with Crippen LogP contribution in [0.15, 0.2) is 15.9 Å². The van der Waals surface area contributed by atoms with E-state index in [1.54, 1.807) is 27.7 Å². The first kappa shape index (κ1) is 21.2. The molecule has 0 atom stereocenters. The Labute approximate surface area is 160 Å². The van der Waals surface area contributed by atoms with Crippen molar-refractivity contribution >= 4 is 23.2 Å². The summed E-state index contributed by atoms with van der Waals surface area (Å²) in [4.78, 5) is 52.6. The molecule has 0 unspecified atom stereocenters. The van der Waals surface area contributed by atoms with E-state index >= 15 is 0 Å². The second-order valence-electron chi connectivity index (χ2n) is 7.08. The molecule has 0 bridgehead atoms. The molecule has 1 amide bonds. The van der Waals surface area contributed by atoms with E-state index in [-0.39, 0.29) is 37.4 Å². The zero-order valence-electron chi connectivity index (χ0n) is 16.6. The van der Waals surface area contributed by atoms with Crippen molar-refractivity contribution in [3.63, 3.8) is 0 Å². The summed E-state index contributed by atoms with van der Waals surface area (Å²) in [7, 11) is 1.34. The lowest BCUT2D eigenvalue weighted by Gasteiger charge is -2.19. The first-order valence-electron chi connectivity index (χ1n) is 8.82. The minimum atomic E-state index is -0.642. The third-order valence-electron chi connectivity index (χ3n) is 3.71. The van der Waals surface area contributed by atoms with Gasteiger partial charge in [-0.2, -0.15) is 0 Å². The Hall–Kier alpha value is -3.11. The van der Waals surface area contributed by atoms with E-state index in [2.05, 4.69) is 10.3 Å². The third-order valence-corrected chi connectivity index (χ3v) is 3.71. The average molecular weight is 395 g/mol. The van der Waals surface area contributed by atoms with Crippen LogP contribution in [-0.4, -0.2) is 49.5 Å². The van der Waals surface area contributed by atoms with Crippen LogP contribution in [0, 0.1) is 0 Å². The van der Waals surface area contributed by atoms with Gasteiger partial charge in [0.15, 0.2) is 11.2 Å². The van der Waals surface area contributed by atoms with E-state index < -0.39 is 28.9 Å². The minimum Gasteiger partial charge on any atom is -0.465 e. The zero-order valence-corrected chi connectivity index (χ0v) is 16.6. The molecule has 2 aromatic heterocycles. The molecule has 0 aromatic carbocycles. The smallest absolute Gasteiger partial charge is 0.407 e. The van der Waals surface area contributed by atoms with E-state index in [0.717, 1.165) is 4.57 Å². The largest absolute Gasteiger partial charge is 0.465 e. The fourth-order valence-corrected chi connectivity index (χ4v) is 2.56. The SMILES string of the molecule is CCOC(=O)Cn1cnc2c1c(=O)n(C)c(=O)n2CCNC(=O)OC(C)(C)C. The molecule has 28 heavy (non-hydrogen) atoms. The highest BCUT2D eigenvalue weighted by Crippen LogP contribution is 2.08. The summed E-state index contributed by atoms with van der Waals surface area (Å²) >= 11 is 0. The number of hydrogen-bond acceptors (Lipinski definition) is 7. The highest BCUT2D eigenvalue weighted by atomic mass is 16.6. The lowest BCUT2D eigenvalue weighted by Crippen LogP contribution is -2.41. The van der Waals surface area contributed by atoms with E-state index in [1.807, 2.05) is 0 Å². The highest BCUT2D eigenvalue weighted by molar-refractivity contribution is 5.75. The molecule has 0 saturated carbocycles. The summed E-state index contributed by atoms with van der Waals surface area (Å²) in [6.45, 7) is 7.07. The molecule has 11 heteroatoms. The van der Waals surface area contributed by atoms with E-state index in [0.29, 0.717) is 0 Å². The Morgan fingerprint density at radius 3 is 2.54 bits per heavy atom. The van der Waals surface area contributed by atoms with Gasteiger partial charge in [0.2, 0.25) is 0 Å². The fourth-order valence-electron chi connectivity index (χ4n) is 2.56. The second-order valence-corrected chi connectivity index (χ2v) is 7.08. The van der Waals surface area contributed by atoms with Gasteiger partial charge in [0.25, 0.3) is 5.56 Å². The van der Waals surface area contributed by atoms with Crippen molar-refractivity contribution in [2.24, 2.45) is 7.05 Å². The molecule has 2 aromatic rings. The van der Waals surface area contributed by atoms with Gasteiger partial charge in [-0.05, 0) is 27.7 Å². The second kappa shape index (κ2) is 8.28. The van der Waals surface area contributed by atoms with Crippen molar-refractivity contribution in [3.8, 4) is 0 Å². The van der Waals surface area contributed by atoms with Crippen molar-refractivity contribution in [2.45, 2.75) is 46.4 Å². The summed E-state index contributed by atoms with van der Waals surface area (Å²) in [5, 5.41) is 2.55. The number of rotatable bonds is 6. The molecule has 0 fully saturated rings. The molecule has 0 aliphatic carbocycles. The Bertz CT molecular complexity index is 994. The summed E-state index contributed by atoms with van der Waals surface area (Å²) in [5.74, 6) is -0.520. The maximum absolute atomic E-state index is 12.5. The molecule has 2 rings (SSSR count). The van der Waals surface area contributed by atoms with Gasteiger partial charge in [-0.15, -0.1) is 0 Å². The lowest BCUT2D eigenvalue weighted by molar-refractivity contribution is -0.143. The van der Waals surface area contributed by atoms with Gasteiger partial charge < -0.3 is 19.4 Å². The minimum absolute atomic E-state index is 0.0686. The molecule has 1 N–H and O–H groups in total. The number of carbonyl (C=O) groups is 2. The number of aromatic nitrogens is 4. The third kappa shape index (κ3) is 4.78. The fraction of sp³-hybridized carbons (Fsp3) is 0.588. The van der Waals surface area contributed by atoms with E-state index in [4.69, 9.17) is 9.47 Å². The molecule has 0 saturated heterocycles. The number of hydrogen-bond donors (Lipinski definition) is 1. The van der Waals surface area contributed by atoms with Crippen LogP contribution in [0.1, 0.15) is 27.7 Å².